The summed E-state index contributed by atoms with van der Waals surface area (Å²) in [4.78, 5) is 14.5. The zero-order valence-electron chi connectivity index (χ0n) is 13.4. The highest BCUT2D eigenvalue weighted by Gasteiger charge is 2.27. The van der Waals surface area contributed by atoms with Crippen molar-refractivity contribution in [3.63, 3.8) is 0 Å². The van der Waals surface area contributed by atoms with Crippen LogP contribution in [0.5, 0.6) is 0 Å². The Morgan fingerprint density at radius 1 is 1.39 bits per heavy atom. The number of carbonyl (C=O) groups is 1. The van der Waals surface area contributed by atoms with Gasteiger partial charge in [-0.15, -0.1) is 5.10 Å². The molecular weight excluding hydrogens is 290 g/mol. The zero-order chi connectivity index (χ0) is 16.2. The second kappa shape index (κ2) is 6.91. The van der Waals surface area contributed by atoms with Crippen LogP contribution in [0.25, 0.3) is 0 Å². The smallest absolute Gasteiger partial charge is 0.276 e. The van der Waals surface area contributed by atoms with E-state index in [1.165, 1.54) is 0 Å². The van der Waals surface area contributed by atoms with Gasteiger partial charge in [0.2, 0.25) is 0 Å². The van der Waals surface area contributed by atoms with Gasteiger partial charge in [0.15, 0.2) is 5.69 Å². The standard InChI is InChI=1S/C17H23N5O/c1-13(18)15-8-5-9-21(11-15)17(23)16-12-22(20-19-16)10-14-6-3-2-4-7-14/h2-4,6-7,12-13,15H,5,8-11,18H2,1H3. The van der Waals surface area contributed by atoms with Crippen LogP contribution < -0.4 is 5.73 Å². The summed E-state index contributed by atoms with van der Waals surface area (Å²) in [6, 6.07) is 10.1. The van der Waals surface area contributed by atoms with Crippen LogP contribution in [-0.2, 0) is 6.54 Å². The van der Waals surface area contributed by atoms with Crippen LogP contribution in [0.15, 0.2) is 36.5 Å². The fraction of sp³-hybridized carbons (Fsp3) is 0.471. The Labute approximate surface area is 136 Å². The van der Waals surface area contributed by atoms with Crippen LogP contribution >= 0.6 is 0 Å². The Bertz CT molecular complexity index is 652. The van der Waals surface area contributed by atoms with Gasteiger partial charge in [0, 0.05) is 19.1 Å². The molecule has 2 atom stereocenters. The maximum absolute atomic E-state index is 12.6. The minimum Gasteiger partial charge on any atom is -0.337 e. The number of amides is 1. The molecular formula is C17H23N5O. The van der Waals surface area contributed by atoms with E-state index in [4.69, 9.17) is 5.73 Å². The maximum Gasteiger partial charge on any atom is 0.276 e. The molecule has 6 heteroatoms. The predicted molar refractivity (Wildman–Crippen MR) is 87.8 cm³/mol. The fourth-order valence-electron chi connectivity index (χ4n) is 3.03. The van der Waals surface area contributed by atoms with Gasteiger partial charge < -0.3 is 10.6 Å². The Kier molecular flexibility index (Phi) is 4.71. The molecule has 3 rings (SSSR count). The number of carbonyl (C=O) groups excluding carboxylic acids is 1. The highest BCUT2D eigenvalue weighted by atomic mass is 16.2. The Morgan fingerprint density at radius 2 is 2.17 bits per heavy atom. The SMILES string of the molecule is CC(N)C1CCCN(C(=O)c2cn(Cc3ccccc3)nn2)C1. The highest BCUT2D eigenvalue weighted by Crippen LogP contribution is 2.20. The van der Waals surface area contributed by atoms with Gasteiger partial charge in [-0.1, -0.05) is 35.5 Å². The van der Waals surface area contributed by atoms with E-state index in [9.17, 15) is 4.79 Å². The third-order valence-corrected chi connectivity index (χ3v) is 4.43. The van der Waals surface area contributed by atoms with Crippen LogP contribution in [0.2, 0.25) is 0 Å². The molecule has 1 aromatic carbocycles. The van der Waals surface area contributed by atoms with Crippen LogP contribution in [0, 0.1) is 5.92 Å². The summed E-state index contributed by atoms with van der Waals surface area (Å²) in [6.45, 7) is 4.11. The van der Waals surface area contributed by atoms with Crippen molar-refractivity contribution in [2.24, 2.45) is 11.7 Å². The number of piperidine rings is 1. The molecule has 0 saturated carbocycles. The molecule has 2 aromatic rings. The molecule has 2 unspecified atom stereocenters. The average Bonchev–Trinajstić information content (AvgIpc) is 3.03. The third-order valence-electron chi connectivity index (χ3n) is 4.43. The number of benzene rings is 1. The maximum atomic E-state index is 12.6. The number of hydrogen-bond donors (Lipinski definition) is 1. The molecule has 1 saturated heterocycles. The van der Waals surface area contributed by atoms with E-state index in [-0.39, 0.29) is 11.9 Å². The lowest BCUT2D eigenvalue weighted by molar-refractivity contribution is 0.0655. The Balaban J connectivity index is 1.66. The van der Waals surface area contributed by atoms with Crippen LogP contribution in [0.4, 0.5) is 0 Å². The molecule has 1 aliphatic heterocycles. The van der Waals surface area contributed by atoms with Crippen molar-refractivity contribution in [3.05, 3.63) is 47.8 Å². The third kappa shape index (κ3) is 3.76. The van der Waals surface area contributed by atoms with E-state index in [0.29, 0.717) is 24.7 Å². The summed E-state index contributed by atoms with van der Waals surface area (Å²) < 4.78 is 1.70. The van der Waals surface area contributed by atoms with E-state index in [1.807, 2.05) is 42.2 Å². The molecule has 1 amide bonds. The number of aromatic nitrogens is 3. The van der Waals surface area contributed by atoms with Crippen molar-refractivity contribution in [3.8, 4) is 0 Å². The summed E-state index contributed by atoms with van der Waals surface area (Å²) in [5.74, 6) is 0.321. The van der Waals surface area contributed by atoms with Gasteiger partial charge in [0.05, 0.1) is 12.7 Å². The van der Waals surface area contributed by atoms with Crippen molar-refractivity contribution in [2.75, 3.05) is 13.1 Å². The molecule has 1 aromatic heterocycles. The lowest BCUT2D eigenvalue weighted by Crippen LogP contribution is -2.45. The molecule has 0 radical (unpaired) electrons. The number of nitrogens with two attached hydrogens (primary N) is 1. The van der Waals surface area contributed by atoms with Crippen molar-refractivity contribution in [1.29, 1.82) is 0 Å². The van der Waals surface area contributed by atoms with E-state index in [1.54, 1.807) is 10.9 Å². The number of likely N-dealkylation sites (tertiary alicyclic amines) is 1. The molecule has 1 fully saturated rings. The first-order valence-corrected chi connectivity index (χ1v) is 8.12. The molecule has 0 aliphatic carbocycles. The average molecular weight is 313 g/mol. The highest BCUT2D eigenvalue weighted by molar-refractivity contribution is 5.92. The molecule has 2 N–H and O–H groups in total. The molecule has 0 bridgehead atoms. The summed E-state index contributed by atoms with van der Waals surface area (Å²) in [5, 5.41) is 8.12. The molecule has 122 valence electrons. The van der Waals surface area contributed by atoms with Crippen molar-refractivity contribution >= 4 is 5.91 Å². The van der Waals surface area contributed by atoms with Gasteiger partial charge in [-0.25, -0.2) is 4.68 Å². The molecule has 23 heavy (non-hydrogen) atoms. The second-order valence-electron chi connectivity index (χ2n) is 6.30. The van der Waals surface area contributed by atoms with E-state index in [0.717, 1.165) is 24.9 Å². The first kappa shape index (κ1) is 15.7. The summed E-state index contributed by atoms with van der Waals surface area (Å²) in [6.07, 6.45) is 3.81. The molecule has 6 nitrogen and oxygen atoms in total. The van der Waals surface area contributed by atoms with Gasteiger partial charge in [-0.3, -0.25) is 4.79 Å². The Hall–Kier alpha value is -2.21. The second-order valence-corrected chi connectivity index (χ2v) is 6.30. The van der Waals surface area contributed by atoms with E-state index in [2.05, 4.69) is 10.3 Å². The summed E-state index contributed by atoms with van der Waals surface area (Å²) in [7, 11) is 0. The Morgan fingerprint density at radius 3 is 2.91 bits per heavy atom. The lowest BCUT2D eigenvalue weighted by atomic mass is 9.92. The summed E-state index contributed by atoms with van der Waals surface area (Å²) in [5.41, 5.74) is 7.53. The normalized spacial score (nSPS) is 19.6. The zero-order valence-corrected chi connectivity index (χ0v) is 13.4. The molecule has 2 heterocycles. The number of rotatable bonds is 4. The minimum absolute atomic E-state index is 0.0466. The van der Waals surface area contributed by atoms with Crippen molar-refractivity contribution in [2.45, 2.75) is 32.4 Å². The first-order chi connectivity index (χ1) is 11.1. The van der Waals surface area contributed by atoms with Crippen molar-refractivity contribution < 1.29 is 4.79 Å². The number of nitrogens with zero attached hydrogens (tertiary/aromatic N) is 4. The van der Waals surface area contributed by atoms with Gasteiger partial charge in [-0.05, 0) is 31.2 Å². The molecule has 1 aliphatic rings. The van der Waals surface area contributed by atoms with E-state index < -0.39 is 0 Å². The van der Waals surface area contributed by atoms with Gasteiger partial charge in [0.25, 0.3) is 5.91 Å². The topological polar surface area (TPSA) is 77.0 Å². The number of hydrogen-bond acceptors (Lipinski definition) is 4. The largest absolute Gasteiger partial charge is 0.337 e. The quantitative estimate of drug-likeness (QED) is 0.928. The summed E-state index contributed by atoms with van der Waals surface area (Å²) >= 11 is 0. The monoisotopic (exact) mass is 313 g/mol. The lowest BCUT2D eigenvalue weighted by Gasteiger charge is -2.34. The van der Waals surface area contributed by atoms with Gasteiger partial charge in [-0.2, -0.15) is 0 Å². The van der Waals surface area contributed by atoms with Gasteiger partial charge in [0.1, 0.15) is 0 Å². The van der Waals surface area contributed by atoms with Gasteiger partial charge >= 0.3 is 0 Å². The van der Waals surface area contributed by atoms with Crippen LogP contribution in [-0.4, -0.2) is 44.9 Å². The van der Waals surface area contributed by atoms with Crippen molar-refractivity contribution in [1.82, 2.24) is 19.9 Å². The fourth-order valence-corrected chi connectivity index (χ4v) is 3.03. The minimum atomic E-state index is -0.0466. The van der Waals surface area contributed by atoms with E-state index >= 15 is 0 Å². The predicted octanol–water partition coefficient (Wildman–Crippen LogP) is 1.53. The van der Waals surface area contributed by atoms with Crippen LogP contribution in [0.3, 0.4) is 0 Å². The first-order valence-electron chi connectivity index (χ1n) is 8.12. The van der Waals surface area contributed by atoms with Crippen LogP contribution in [0.1, 0.15) is 35.8 Å². The molecule has 0 spiro atoms.